The van der Waals surface area contributed by atoms with Crippen LogP contribution in [0.5, 0.6) is 0 Å². The first-order valence-electron chi connectivity index (χ1n) is 7.82. The van der Waals surface area contributed by atoms with E-state index in [0.29, 0.717) is 6.04 Å². The molecule has 3 aromatic rings. The fourth-order valence-electron chi connectivity index (χ4n) is 3.27. The lowest BCUT2D eigenvalue weighted by Crippen LogP contribution is -2.32. The van der Waals surface area contributed by atoms with Crippen molar-refractivity contribution in [2.45, 2.75) is 18.9 Å². The molecular weight excluding hydrogens is 274 g/mol. The summed E-state index contributed by atoms with van der Waals surface area (Å²) in [5.74, 6) is 0. The molecule has 4 nitrogen and oxygen atoms in total. The van der Waals surface area contributed by atoms with Gasteiger partial charge in [-0.3, -0.25) is 4.57 Å². The van der Waals surface area contributed by atoms with Crippen LogP contribution in [0.3, 0.4) is 0 Å². The van der Waals surface area contributed by atoms with Crippen molar-refractivity contribution in [2.24, 2.45) is 0 Å². The van der Waals surface area contributed by atoms with Crippen molar-refractivity contribution >= 4 is 10.8 Å². The molecular formula is C18H19N3O. The lowest BCUT2D eigenvalue weighted by Gasteiger charge is -2.22. The summed E-state index contributed by atoms with van der Waals surface area (Å²) in [5.41, 5.74) is 1.95. The number of nitrogens with zero attached hydrogens (tertiary/aromatic N) is 1. The van der Waals surface area contributed by atoms with E-state index in [1.165, 1.54) is 10.8 Å². The van der Waals surface area contributed by atoms with Crippen LogP contribution in [0.15, 0.2) is 53.5 Å². The van der Waals surface area contributed by atoms with E-state index < -0.39 is 0 Å². The summed E-state index contributed by atoms with van der Waals surface area (Å²) in [6, 6.07) is 14.9. The second-order valence-corrected chi connectivity index (χ2v) is 5.92. The van der Waals surface area contributed by atoms with Crippen LogP contribution in [0.2, 0.25) is 0 Å². The van der Waals surface area contributed by atoms with Crippen LogP contribution in [0.25, 0.3) is 22.0 Å². The van der Waals surface area contributed by atoms with E-state index >= 15 is 0 Å². The average molecular weight is 293 g/mol. The van der Waals surface area contributed by atoms with Crippen LogP contribution in [0, 0.1) is 0 Å². The highest BCUT2D eigenvalue weighted by Crippen LogP contribution is 2.24. The highest BCUT2D eigenvalue weighted by atomic mass is 16.1. The number of aromatic amines is 1. The van der Waals surface area contributed by atoms with Crippen molar-refractivity contribution in [2.75, 3.05) is 13.1 Å². The number of fused-ring (bicyclic) bond motifs is 1. The third-order valence-electron chi connectivity index (χ3n) is 4.51. The van der Waals surface area contributed by atoms with E-state index in [4.69, 9.17) is 0 Å². The van der Waals surface area contributed by atoms with E-state index in [0.717, 1.165) is 37.2 Å². The van der Waals surface area contributed by atoms with Crippen LogP contribution >= 0.6 is 0 Å². The van der Waals surface area contributed by atoms with Gasteiger partial charge in [0.15, 0.2) is 0 Å². The predicted octanol–water partition coefficient (Wildman–Crippen LogP) is 2.92. The van der Waals surface area contributed by atoms with Crippen molar-refractivity contribution in [3.63, 3.8) is 0 Å². The number of benzene rings is 2. The number of hydrogen-bond acceptors (Lipinski definition) is 2. The van der Waals surface area contributed by atoms with Crippen molar-refractivity contribution in [1.82, 2.24) is 14.9 Å². The SMILES string of the molecule is O=c1[nH]c(-c2ccc3ccccc3c2)cn1C1CCNCC1. The molecule has 1 aliphatic rings. The zero-order chi connectivity index (χ0) is 14.9. The van der Waals surface area contributed by atoms with E-state index in [1.54, 1.807) is 0 Å². The van der Waals surface area contributed by atoms with Gasteiger partial charge in [-0.25, -0.2) is 4.79 Å². The number of nitrogens with one attached hydrogen (secondary N) is 2. The molecule has 0 bridgehead atoms. The number of rotatable bonds is 2. The Labute approximate surface area is 128 Å². The Hall–Kier alpha value is -2.33. The second kappa shape index (κ2) is 5.46. The molecule has 112 valence electrons. The molecule has 2 heterocycles. The summed E-state index contributed by atoms with van der Waals surface area (Å²) >= 11 is 0. The maximum atomic E-state index is 12.3. The third kappa shape index (κ3) is 2.35. The van der Waals surface area contributed by atoms with Crippen LogP contribution in [0.1, 0.15) is 18.9 Å². The van der Waals surface area contributed by atoms with Gasteiger partial charge in [0.25, 0.3) is 0 Å². The minimum Gasteiger partial charge on any atom is -0.317 e. The Morgan fingerprint density at radius 1 is 1.00 bits per heavy atom. The molecule has 1 aromatic heterocycles. The van der Waals surface area contributed by atoms with Gasteiger partial charge in [0, 0.05) is 17.8 Å². The molecule has 2 aromatic carbocycles. The zero-order valence-corrected chi connectivity index (χ0v) is 12.4. The monoisotopic (exact) mass is 293 g/mol. The minimum absolute atomic E-state index is 0.00458. The highest BCUT2D eigenvalue weighted by molar-refractivity contribution is 5.86. The molecule has 1 aliphatic heterocycles. The largest absolute Gasteiger partial charge is 0.326 e. The summed E-state index contributed by atoms with van der Waals surface area (Å²) in [5, 5.41) is 5.74. The van der Waals surface area contributed by atoms with Crippen molar-refractivity contribution in [1.29, 1.82) is 0 Å². The van der Waals surface area contributed by atoms with Gasteiger partial charge in [0.05, 0.1) is 5.69 Å². The Balaban J connectivity index is 1.73. The molecule has 2 N–H and O–H groups in total. The Bertz CT molecular complexity index is 856. The van der Waals surface area contributed by atoms with E-state index in [9.17, 15) is 4.79 Å². The Morgan fingerprint density at radius 3 is 2.59 bits per heavy atom. The predicted molar refractivity (Wildman–Crippen MR) is 89.1 cm³/mol. The number of hydrogen-bond donors (Lipinski definition) is 2. The molecule has 4 heteroatoms. The topological polar surface area (TPSA) is 49.8 Å². The molecule has 1 fully saturated rings. The number of piperidine rings is 1. The van der Waals surface area contributed by atoms with Gasteiger partial charge < -0.3 is 10.3 Å². The first-order chi connectivity index (χ1) is 10.8. The molecule has 0 spiro atoms. The van der Waals surface area contributed by atoms with Gasteiger partial charge in [-0.1, -0.05) is 36.4 Å². The quantitative estimate of drug-likeness (QED) is 0.763. The normalized spacial score (nSPS) is 16.2. The van der Waals surface area contributed by atoms with Gasteiger partial charge in [-0.15, -0.1) is 0 Å². The molecule has 0 unspecified atom stereocenters. The third-order valence-corrected chi connectivity index (χ3v) is 4.51. The maximum Gasteiger partial charge on any atom is 0.326 e. The molecule has 1 saturated heterocycles. The highest BCUT2D eigenvalue weighted by Gasteiger charge is 2.17. The second-order valence-electron chi connectivity index (χ2n) is 5.92. The van der Waals surface area contributed by atoms with Crippen LogP contribution in [-0.2, 0) is 0 Å². The van der Waals surface area contributed by atoms with Gasteiger partial charge in [-0.2, -0.15) is 0 Å². The Morgan fingerprint density at radius 2 is 1.77 bits per heavy atom. The number of H-pyrrole nitrogens is 1. The molecule has 0 saturated carbocycles. The van der Waals surface area contributed by atoms with Crippen LogP contribution in [0.4, 0.5) is 0 Å². The first kappa shape index (κ1) is 13.3. The van der Waals surface area contributed by atoms with E-state index in [2.05, 4.69) is 40.6 Å². The lowest BCUT2D eigenvalue weighted by molar-refractivity contribution is 0.361. The van der Waals surface area contributed by atoms with Gasteiger partial charge >= 0.3 is 5.69 Å². The fourth-order valence-corrected chi connectivity index (χ4v) is 3.27. The first-order valence-corrected chi connectivity index (χ1v) is 7.82. The van der Waals surface area contributed by atoms with Crippen molar-refractivity contribution in [3.05, 3.63) is 59.1 Å². The average Bonchev–Trinajstić information content (AvgIpc) is 2.97. The summed E-state index contributed by atoms with van der Waals surface area (Å²) in [4.78, 5) is 15.3. The summed E-state index contributed by atoms with van der Waals surface area (Å²) in [6.45, 7) is 1.96. The zero-order valence-electron chi connectivity index (χ0n) is 12.4. The number of imidazole rings is 1. The molecule has 0 amide bonds. The lowest BCUT2D eigenvalue weighted by atomic mass is 10.1. The minimum atomic E-state index is -0.00458. The molecule has 0 radical (unpaired) electrons. The molecule has 0 aliphatic carbocycles. The van der Waals surface area contributed by atoms with Crippen LogP contribution < -0.4 is 11.0 Å². The summed E-state index contributed by atoms with van der Waals surface area (Å²) < 4.78 is 1.87. The number of aromatic nitrogens is 2. The maximum absolute atomic E-state index is 12.3. The smallest absolute Gasteiger partial charge is 0.317 e. The molecule has 22 heavy (non-hydrogen) atoms. The van der Waals surface area contributed by atoms with Crippen molar-refractivity contribution in [3.8, 4) is 11.3 Å². The van der Waals surface area contributed by atoms with Gasteiger partial charge in [0.1, 0.15) is 0 Å². The van der Waals surface area contributed by atoms with Crippen molar-refractivity contribution < 1.29 is 0 Å². The van der Waals surface area contributed by atoms with Gasteiger partial charge in [0.2, 0.25) is 0 Å². The standard InChI is InChI=1S/C18H19N3O/c22-18-20-17(12-21(18)16-7-9-19-10-8-16)15-6-5-13-3-1-2-4-14(13)11-15/h1-6,11-12,16,19H,7-10H2,(H,20,22). The summed E-state index contributed by atoms with van der Waals surface area (Å²) in [6.07, 6.45) is 3.99. The van der Waals surface area contributed by atoms with Crippen LogP contribution in [-0.4, -0.2) is 22.6 Å². The summed E-state index contributed by atoms with van der Waals surface area (Å²) in [7, 11) is 0. The molecule has 0 atom stereocenters. The van der Waals surface area contributed by atoms with Gasteiger partial charge in [-0.05, 0) is 42.8 Å². The fraction of sp³-hybridized carbons (Fsp3) is 0.278. The van der Waals surface area contributed by atoms with E-state index in [1.807, 2.05) is 22.9 Å². The Kier molecular flexibility index (Phi) is 3.31. The molecule has 4 rings (SSSR count). The van der Waals surface area contributed by atoms with E-state index in [-0.39, 0.29) is 5.69 Å².